The highest BCUT2D eigenvalue weighted by atomic mass is 79.9. The summed E-state index contributed by atoms with van der Waals surface area (Å²) in [6, 6.07) is 0. The highest BCUT2D eigenvalue weighted by Crippen LogP contribution is 2.01. The fourth-order valence-electron chi connectivity index (χ4n) is 0.309. The van der Waals surface area contributed by atoms with Crippen molar-refractivity contribution in [2.75, 3.05) is 19.8 Å². The Hall–Kier alpha value is 0.240. The van der Waals surface area contributed by atoms with Gasteiger partial charge in [0.1, 0.15) is 14.1 Å². The molecule has 0 aliphatic heterocycles. The topological polar surface area (TPSA) is 3.01 Å². The molecule has 0 amide bonds. The fourth-order valence-corrected chi connectivity index (χ4v) is 0.926. The van der Waals surface area contributed by atoms with Crippen molar-refractivity contribution >= 4 is 16.8 Å². The van der Waals surface area contributed by atoms with Crippen LogP contribution in [0, 0.1) is 0 Å². The van der Waals surface area contributed by atoms with E-state index in [1.54, 1.807) is 0 Å². The predicted octanol–water partition coefficient (Wildman–Crippen LogP) is -1.40. The Morgan fingerprint density at radius 2 is 2.10 bits per heavy atom. The third-order valence-electron chi connectivity index (χ3n) is 1.04. The van der Waals surface area contributed by atoms with Gasteiger partial charge in [-0.2, -0.15) is 0 Å². The number of hydrogen-bond donors (Lipinski definition) is 0. The van der Waals surface area contributed by atoms with Gasteiger partial charge in [-0.15, -0.1) is 6.58 Å². The number of nitrogens with zero attached hydrogens (tertiary/aromatic N) is 1. The molecule has 0 spiro atoms. The van der Waals surface area contributed by atoms with Crippen molar-refractivity contribution in [3.63, 3.8) is 0 Å². The second-order valence-electron chi connectivity index (χ2n) is 2.01. The van der Waals surface area contributed by atoms with Gasteiger partial charge in [-0.3, -0.25) is 0 Å². The van der Waals surface area contributed by atoms with Crippen LogP contribution < -0.4 is 17.0 Å². The normalized spacial score (nSPS) is 7.90. The van der Waals surface area contributed by atoms with Crippen molar-refractivity contribution < 1.29 is 21.6 Å². The molecule has 0 aromatic carbocycles. The molecule has 10 heavy (non-hydrogen) atoms. The molecule has 0 aliphatic carbocycles. The van der Waals surface area contributed by atoms with E-state index in [1.807, 2.05) is 31.9 Å². The molecule has 0 radical (unpaired) electrons. The molecule has 0 saturated heterocycles. The fraction of sp³-hybridized carbons (Fsp3) is 0.571. The Morgan fingerprint density at radius 1 is 1.60 bits per heavy atom. The lowest BCUT2D eigenvalue weighted by Crippen LogP contribution is -3.00. The average Bonchev–Trinajstić information content (AvgIpc) is 1.82. The number of thioether (sulfide) groups is 1. The van der Waals surface area contributed by atoms with E-state index in [1.165, 1.54) is 5.04 Å². The molecule has 60 valence electrons. The van der Waals surface area contributed by atoms with Crippen LogP contribution in [0.4, 0.5) is 0 Å². The van der Waals surface area contributed by atoms with Crippen LogP contribution in [0.2, 0.25) is 0 Å². The van der Waals surface area contributed by atoms with Gasteiger partial charge in [0.15, 0.2) is 0 Å². The first kappa shape index (κ1) is 12.9. The van der Waals surface area contributed by atoms with Crippen molar-refractivity contribution in [1.29, 1.82) is 0 Å². The van der Waals surface area contributed by atoms with Crippen molar-refractivity contribution in [3.05, 3.63) is 12.7 Å². The summed E-state index contributed by atoms with van der Waals surface area (Å²) in [5.41, 5.74) is 0. The standard InChI is InChI=1S/C7H14NS.BrH/c1-5-6-9-7(2)8(3)4;/h5H,1,6H2,2-4H3;1H/q+1;/p-1. The zero-order chi connectivity index (χ0) is 7.28. The minimum absolute atomic E-state index is 0. The van der Waals surface area contributed by atoms with Gasteiger partial charge in [0, 0.05) is 12.7 Å². The summed E-state index contributed by atoms with van der Waals surface area (Å²) in [5, 5.41) is 1.33. The average molecular weight is 224 g/mol. The number of halogens is 1. The molecule has 0 atom stereocenters. The maximum atomic E-state index is 3.64. The van der Waals surface area contributed by atoms with Gasteiger partial charge in [-0.1, -0.05) is 17.8 Å². The summed E-state index contributed by atoms with van der Waals surface area (Å²) >= 11 is 1.81. The van der Waals surface area contributed by atoms with Gasteiger partial charge in [0.05, 0.1) is 0 Å². The molecule has 0 N–H and O–H groups in total. The van der Waals surface area contributed by atoms with E-state index < -0.39 is 0 Å². The molecule has 0 aromatic heterocycles. The van der Waals surface area contributed by atoms with E-state index in [0.29, 0.717) is 0 Å². The summed E-state index contributed by atoms with van der Waals surface area (Å²) in [5.74, 6) is 1.00. The van der Waals surface area contributed by atoms with Crippen molar-refractivity contribution in [3.8, 4) is 0 Å². The Morgan fingerprint density at radius 3 is 2.40 bits per heavy atom. The molecule has 0 saturated carbocycles. The molecule has 0 heterocycles. The van der Waals surface area contributed by atoms with Gasteiger partial charge in [0.2, 0.25) is 5.04 Å². The molecular weight excluding hydrogens is 210 g/mol. The third kappa shape index (κ3) is 6.36. The summed E-state index contributed by atoms with van der Waals surface area (Å²) < 4.78 is 2.11. The second-order valence-corrected chi connectivity index (χ2v) is 3.23. The van der Waals surface area contributed by atoms with Crippen LogP contribution in [0.1, 0.15) is 6.92 Å². The Bertz CT molecular complexity index is 128. The second kappa shape index (κ2) is 7.35. The summed E-state index contributed by atoms with van der Waals surface area (Å²) in [6.07, 6.45) is 1.91. The highest BCUT2D eigenvalue weighted by Gasteiger charge is 1.96. The largest absolute Gasteiger partial charge is 1.00 e. The highest BCUT2D eigenvalue weighted by molar-refractivity contribution is 8.13. The minimum atomic E-state index is 0. The van der Waals surface area contributed by atoms with Crippen LogP contribution in [0.3, 0.4) is 0 Å². The minimum Gasteiger partial charge on any atom is -1.00 e. The summed E-state index contributed by atoms with van der Waals surface area (Å²) in [7, 11) is 4.09. The molecule has 0 aliphatic rings. The van der Waals surface area contributed by atoms with E-state index in [4.69, 9.17) is 0 Å². The number of hydrogen-bond acceptors (Lipinski definition) is 1. The molecule has 0 unspecified atom stereocenters. The molecule has 3 heteroatoms. The van der Waals surface area contributed by atoms with Crippen LogP contribution in [0.5, 0.6) is 0 Å². The van der Waals surface area contributed by atoms with Crippen LogP contribution in [0.25, 0.3) is 0 Å². The predicted molar refractivity (Wildman–Crippen MR) is 45.4 cm³/mol. The van der Waals surface area contributed by atoms with Crippen molar-refractivity contribution in [2.24, 2.45) is 0 Å². The smallest absolute Gasteiger partial charge is 0.207 e. The van der Waals surface area contributed by atoms with E-state index in [-0.39, 0.29) is 17.0 Å². The van der Waals surface area contributed by atoms with E-state index in [2.05, 4.69) is 18.1 Å². The van der Waals surface area contributed by atoms with Crippen molar-refractivity contribution in [2.45, 2.75) is 6.92 Å². The molecule has 1 nitrogen and oxygen atoms in total. The van der Waals surface area contributed by atoms with E-state index in [9.17, 15) is 0 Å². The van der Waals surface area contributed by atoms with E-state index in [0.717, 1.165) is 5.75 Å². The summed E-state index contributed by atoms with van der Waals surface area (Å²) in [6.45, 7) is 5.74. The van der Waals surface area contributed by atoms with Gasteiger partial charge in [0.25, 0.3) is 0 Å². The number of rotatable bonds is 2. The van der Waals surface area contributed by atoms with E-state index >= 15 is 0 Å². The zero-order valence-corrected chi connectivity index (χ0v) is 9.13. The quantitative estimate of drug-likeness (QED) is 0.241. The van der Waals surface area contributed by atoms with Gasteiger partial charge >= 0.3 is 0 Å². The molecular formula is C7H14BrNS. The first-order valence-corrected chi connectivity index (χ1v) is 3.91. The Balaban J connectivity index is 0. The third-order valence-corrected chi connectivity index (χ3v) is 2.23. The lowest BCUT2D eigenvalue weighted by atomic mass is 10.8. The maximum Gasteiger partial charge on any atom is 0.207 e. The molecule has 0 rings (SSSR count). The van der Waals surface area contributed by atoms with Crippen molar-refractivity contribution in [1.82, 2.24) is 0 Å². The first-order valence-electron chi connectivity index (χ1n) is 2.93. The first-order chi connectivity index (χ1) is 4.18. The lowest BCUT2D eigenvalue weighted by Gasteiger charge is -1.92. The van der Waals surface area contributed by atoms with Gasteiger partial charge < -0.3 is 17.0 Å². The van der Waals surface area contributed by atoms with Gasteiger partial charge in [-0.25, -0.2) is 4.58 Å². The van der Waals surface area contributed by atoms with Crippen LogP contribution in [-0.4, -0.2) is 29.5 Å². The van der Waals surface area contributed by atoms with Crippen LogP contribution >= 0.6 is 11.8 Å². The molecule has 0 bridgehead atoms. The lowest BCUT2D eigenvalue weighted by molar-refractivity contribution is -0.461. The SMILES string of the molecule is C=CCSC(C)=[N+](C)C.[Br-]. The van der Waals surface area contributed by atoms with Crippen LogP contribution in [0.15, 0.2) is 12.7 Å². The van der Waals surface area contributed by atoms with Gasteiger partial charge in [-0.05, 0) is 0 Å². The zero-order valence-electron chi connectivity index (χ0n) is 6.72. The Labute approximate surface area is 78.0 Å². The van der Waals surface area contributed by atoms with Crippen LogP contribution in [-0.2, 0) is 0 Å². The maximum absolute atomic E-state index is 3.64. The molecule has 0 aromatic rings. The Kier molecular flexibility index (Phi) is 9.46. The monoisotopic (exact) mass is 223 g/mol. The summed E-state index contributed by atoms with van der Waals surface area (Å²) in [4.78, 5) is 0. The molecule has 0 fully saturated rings.